The second-order valence-corrected chi connectivity index (χ2v) is 4.18. The van der Waals surface area contributed by atoms with Crippen LogP contribution in [0.4, 0.5) is 11.8 Å². The molecule has 0 atom stereocenters. The first-order valence-corrected chi connectivity index (χ1v) is 5.51. The molecule has 0 radical (unpaired) electrons. The smallest absolute Gasteiger partial charge is 0.227 e. The Morgan fingerprint density at radius 3 is 2.67 bits per heavy atom. The Kier molecular flexibility index (Phi) is 2.75. The molecule has 2 rings (SSSR count). The van der Waals surface area contributed by atoms with Crippen LogP contribution in [0.25, 0.3) is 0 Å². The van der Waals surface area contributed by atoms with Crippen LogP contribution < -0.4 is 10.2 Å². The van der Waals surface area contributed by atoms with Gasteiger partial charge >= 0.3 is 0 Å². The fourth-order valence-corrected chi connectivity index (χ4v) is 1.51. The lowest BCUT2D eigenvalue weighted by molar-refractivity contribution is 0.930. The molecule has 4 nitrogen and oxygen atoms in total. The molecule has 0 aliphatic heterocycles. The molecule has 0 aromatic carbocycles. The zero-order chi connectivity index (χ0) is 10.8. The summed E-state index contributed by atoms with van der Waals surface area (Å²) < 4.78 is 0. The van der Waals surface area contributed by atoms with Gasteiger partial charge in [-0.3, -0.25) is 0 Å². The van der Waals surface area contributed by atoms with Gasteiger partial charge in [-0.15, -0.1) is 0 Å². The van der Waals surface area contributed by atoms with E-state index in [1.807, 2.05) is 19.0 Å². The number of nitrogens with one attached hydrogen (secondary N) is 1. The molecule has 0 saturated heterocycles. The van der Waals surface area contributed by atoms with Crippen molar-refractivity contribution >= 4 is 11.8 Å². The topological polar surface area (TPSA) is 41.1 Å². The number of rotatable bonds is 4. The van der Waals surface area contributed by atoms with Gasteiger partial charge in [0, 0.05) is 32.6 Å². The molecular formula is C11H18N4. The third-order valence-electron chi connectivity index (χ3n) is 2.49. The third-order valence-corrected chi connectivity index (χ3v) is 2.49. The minimum absolute atomic E-state index is 0.670. The van der Waals surface area contributed by atoms with Crippen LogP contribution in [-0.4, -0.2) is 30.6 Å². The number of anilines is 2. The molecule has 1 N–H and O–H groups in total. The van der Waals surface area contributed by atoms with E-state index in [-0.39, 0.29) is 0 Å². The van der Waals surface area contributed by atoms with E-state index in [4.69, 9.17) is 0 Å². The first kappa shape index (κ1) is 10.2. The van der Waals surface area contributed by atoms with Crippen molar-refractivity contribution in [1.82, 2.24) is 9.97 Å². The Bertz CT molecular complexity index is 324. The molecule has 1 heterocycles. The maximum absolute atomic E-state index is 4.55. The Labute approximate surface area is 90.7 Å². The fourth-order valence-electron chi connectivity index (χ4n) is 1.51. The average Bonchev–Trinajstić information content (AvgIpc) is 3.01. The Hall–Kier alpha value is -1.32. The monoisotopic (exact) mass is 206 g/mol. The maximum atomic E-state index is 4.55. The van der Waals surface area contributed by atoms with Gasteiger partial charge in [-0.1, -0.05) is 0 Å². The third kappa shape index (κ3) is 2.37. The minimum Gasteiger partial charge on any atom is -0.370 e. The van der Waals surface area contributed by atoms with Gasteiger partial charge in [-0.25, -0.2) is 4.98 Å². The molecule has 1 fully saturated rings. The summed E-state index contributed by atoms with van der Waals surface area (Å²) in [6.07, 6.45) is 2.55. The molecule has 15 heavy (non-hydrogen) atoms. The van der Waals surface area contributed by atoms with Crippen molar-refractivity contribution < 1.29 is 0 Å². The molecule has 1 saturated carbocycles. The predicted molar refractivity (Wildman–Crippen MR) is 62.5 cm³/mol. The molecule has 0 amide bonds. The SMILES string of the molecule is CCNc1cc(C2CC2)nc(N(C)C)n1. The Morgan fingerprint density at radius 1 is 1.40 bits per heavy atom. The molecule has 1 aliphatic carbocycles. The highest BCUT2D eigenvalue weighted by Gasteiger charge is 2.26. The molecule has 0 unspecified atom stereocenters. The number of hydrogen-bond acceptors (Lipinski definition) is 4. The van der Waals surface area contributed by atoms with Crippen LogP contribution in [-0.2, 0) is 0 Å². The lowest BCUT2D eigenvalue weighted by Crippen LogP contribution is -2.15. The predicted octanol–water partition coefficient (Wildman–Crippen LogP) is 1.85. The summed E-state index contributed by atoms with van der Waals surface area (Å²) in [5, 5.41) is 3.25. The summed E-state index contributed by atoms with van der Waals surface area (Å²) in [4.78, 5) is 10.9. The summed E-state index contributed by atoms with van der Waals surface area (Å²) in [6.45, 7) is 2.97. The van der Waals surface area contributed by atoms with E-state index in [9.17, 15) is 0 Å². The van der Waals surface area contributed by atoms with Crippen molar-refractivity contribution in [2.24, 2.45) is 0 Å². The maximum Gasteiger partial charge on any atom is 0.227 e. The van der Waals surface area contributed by atoms with E-state index in [1.54, 1.807) is 0 Å². The largest absolute Gasteiger partial charge is 0.370 e. The molecular weight excluding hydrogens is 188 g/mol. The zero-order valence-corrected chi connectivity index (χ0v) is 9.62. The molecule has 1 aromatic heterocycles. The highest BCUT2D eigenvalue weighted by Crippen LogP contribution is 2.39. The van der Waals surface area contributed by atoms with E-state index in [0.717, 1.165) is 18.3 Å². The summed E-state index contributed by atoms with van der Waals surface area (Å²) in [5.41, 5.74) is 1.18. The zero-order valence-electron chi connectivity index (χ0n) is 9.62. The normalized spacial score (nSPS) is 15.1. The van der Waals surface area contributed by atoms with Gasteiger partial charge in [0.2, 0.25) is 5.95 Å². The number of hydrogen-bond donors (Lipinski definition) is 1. The van der Waals surface area contributed by atoms with Crippen molar-refractivity contribution in [2.75, 3.05) is 30.9 Å². The number of aromatic nitrogens is 2. The molecule has 1 aliphatic rings. The van der Waals surface area contributed by atoms with E-state index >= 15 is 0 Å². The van der Waals surface area contributed by atoms with Gasteiger partial charge in [-0.2, -0.15) is 4.98 Å². The second-order valence-electron chi connectivity index (χ2n) is 4.18. The summed E-state index contributed by atoms with van der Waals surface area (Å²) >= 11 is 0. The van der Waals surface area contributed by atoms with Crippen LogP contribution in [0, 0.1) is 0 Å². The molecule has 1 aromatic rings. The standard InChI is InChI=1S/C11H18N4/c1-4-12-10-7-9(8-5-6-8)13-11(14-10)15(2)3/h7-8H,4-6H2,1-3H3,(H,12,13,14). The Morgan fingerprint density at radius 2 is 2.13 bits per heavy atom. The van der Waals surface area contributed by atoms with E-state index in [0.29, 0.717) is 5.92 Å². The molecule has 4 heteroatoms. The summed E-state index contributed by atoms with van der Waals surface area (Å²) in [7, 11) is 3.95. The van der Waals surface area contributed by atoms with Crippen molar-refractivity contribution in [3.05, 3.63) is 11.8 Å². The van der Waals surface area contributed by atoms with Gasteiger partial charge in [0.1, 0.15) is 5.82 Å². The van der Waals surface area contributed by atoms with Crippen molar-refractivity contribution in [2.45, 2.75) is 25.7 Å². The quantitative estimate of drug-likeness (QED) is 0.816. The lowest BCUT2D eigenvalue weighted by atomic mass is 10.3. The van der Waals surface area contributed by atoms with Gasteiger partial charge in [0.05, 0.1) is 5.69 Å². The van der Waals surface area contributed by atoms with E-state index in [2.05, 4.69) is 28.3 Å². The summed E-state index contributed by atoms with van der Waals surface area (Å²) in [6, 6.07) is 2.08. The molecule has 0 bridgehead atoms. The Balaban J connectivity index is 2.30. The van der Waals surface area contributed by atoms with Gasteiger partial charge < -0.3 is 10.2 Å². The van der Waals surface area contributed by atoms with Gasteiger partial charge in [-0.05, 0) is 19.8 Å². The van der Waals surface area contributed by atoms with Gasteiger partial charge in [0.25, 0.3) is 0 Å². The van der Waals surface area contributed by atoms with Crippen LogP contribution in [0.15, 0.2) is 6.07 Å². The van der Waals surface area contributed by atoms with Crippen molar-refractivity contribution in [3.63, 3.8) is 0 Å². The molecule has 82 valence electrons. The lowest BCUT2D eigenvalue weighted by Gasteiger charge is -2.13. The number of nitrogens with zero attached hydrogens (tertiary/aromatic N) is 3. The van der Waals surface area contributed by atoms with E-state index < -0.39 is 0 Å². The van der Waals surface area contributed by atoms with Crippen LogP contribution in [0.2, 0.25) is 0 Å². The van der Waals surface area contributed by atoms with Crippen LogP contribution in [0.3, 0.4) is 0 Å². The van der Waals surface area contributed by atoms with Crippen LogP contribution >= 0.6 is 0 Å². The first-order chi connectivity index (χ1) is 7.20. The van der Waals surface area contributed by atoms with Crippen molar-refractivity contribution in [3.8, 4) is 0 Å². The van der Waals surface area contributed by atoms with Gasteiger partial charge in [0.15, 0.2) is 0 Å². The van der Waals surface area contributed by atoms with E-state index in [1.165, 1.54) is 18.5 Å². The average molecular weight is 206 g/mol. The fraction of sp³-hybridized carbons (Fsp3) is 0.636. The van der Waals surface area contributed by atoms with Crippen LogP contribution in [0.5, 0.6) is 0 Å². The minimum atomic E-state index is 0.670. The van der Waals surface area contributed by atoms with Crippen LogP contribution in [0.1, 0.15) is 31.4 Å². The highest BCUT2D eigenvalue weighted by atomic mass is 15.2. The highest BCUT2D eigenvalue weighted by molar-refractivity contribution is 5.44. The molecule has 0 spiro atoms. The second kappa shape index (κ2) is 4.04. The first-order valence-electron chi connectivity index (χ1n) is 5.51. The summed E-state index contributed by atoms with van der Waals surface area (Å²) in [5.74, 6) is 2.41. The van der Waals surface area contributed by atoms with Crippen molar-refractivity contribution in [1.29, 1.82) is 0 Å².